The molecule has 4 rings (SSSR count). The fourth-order valence-electron chi connectivity index (χ4n) is 3.54. The van der Waals surface area contributed by atoms with Gasteiger partial charge in [0, 0.05) is 38.3 Å². The molecule has 0 aromatic heterocycles. The van der Waals surface area contributed by atoms with E-state index in [4.69, 9.17) is 11.6 Å². The van der Waals surface area contributed by atoms with Gasteiger partial charge >= 0.3 is 0 Å². The van der Waals surface area contributed by atoms with Gasteiger partial charge in [-0.25, -0.2) is 12.8 Å². The molecule has 0 unspecified atom stereocenters. The third kappa shape index (κ3) is 4.94. The van der Waals surface area contributed by atoms with Gasteiger partial charge in [0.1, 0.15) is 5.82 Å². The summed E-state index contributed by atoms with van der Waals surface area (Å²) in [5.74, 6) is 0.136. The predicted octanol–water partition coefficient (Wildman–Crippen LogP) is 3.45. The normalized spacial score (nSPS) is 17.7. The molecule has 0 atom stereocenters. The van der Waals surface area contributed by atoms with E-state index in [0.29, 0.717) is 18.7 Å². The van der Waals surface area contributed by atoms with Gasteiger partial charge in [0.25, 0.3) is 15.9 Å². The van der Waals surface area contributed by atoms with E-state index >= 15 is 0 Å². The van der Waals surface area contributed by atoms with Crippen LogP contribution < -0.4 is 4.72 Å². The van der Waals surface area contributed by atoms with Gasteiger partial charge in [0.2, 0.25) is 0 Å². The Balaban J connectivity index is 1.46. The molecule has 2 fully saturated rings. The van der Waals surface area contributed by atoms with Gasteiger partial charge in [0.15, 0.2) is 0 Å². The van der Waals surface area contributed by atoms with Gasteiger partial charge in [0.05, 0.1) is 15.6 Å². The van der Waals surface area contributed by atoms with E-state index in [1.165, 1.54) is 37.1 Å². The van der Waals surface area contributed by atoms with Crippen molar-refractivity contribution < 1.29 is 17.6 Å². The molecular formula is C21H23ClFN3O3S. The third-order valence-corrected chi connectivity index (χ3v) is 7.17. The lowest BCUT2D eigenvalue weighted by Crippen LogP contribution is -2.49. The zero-order valence-electron chi connectivity index (χ0n) is 16.4. The summed E-state index contributed by atoms with van der Waals surface area (Å²) in [6.07, 6.45) is 2.61. The van der Waals surface area contributed by atoms with E-state index < -0.39 is 15.8 Å². The van der Waals surface area contributed by atoms with Crippen molar-refractivity contribution in [3.63, 3.8) is 0 Å². The Morgan fingerprint density at radius 2 is 1.73 bits per heavy atom. The summed E-state index contributed by atoms with van der Waals surface area (Å²) >= 11 is 6.16. The highest BCUT2D eigenvalue weighted by molar-refractivity contribution is 7.92. The lowest BCUT2D eigenvalue weighted by atomic mass is 10.1. The Hall–Kier alpha value is -2.16. The van der Waals surface area contributed by atoms with Crippen molar-refractivity contribution in [2.75, 3.05) is 37.4 Å². The van der Waals surface area contributed by atoms with Crippen molar-refractivity contribution in [2.45, 2.75) is 17.7 Å². The van der Waals surface area contributed by atoms with Crippen LogP contribution in [-0.4, -0.2) is 56.8 Å². The highest BCUT2D eigenvalue weighted by atomic mass is 35.5. The molecule has 1 amide bonds. The van der Waals surface area contributed by atoms with Gasteiger partial charge < -0.3 is 4.90 Å². The van der Waals surface area contributed by atoms with E-state index in [-0.39, 0.29) is 21.5 Å². The molecule has 0 radical (unpaired) electrons. The van der Waals surface area contributed by atoms with Crippen LogP contribution in [0.1, 0.15) is 23.2 Å². The maximum atomic E-state index is 13.1. The fourth-order valence-corrected chi connectivity index (χ4v) is 4.83. The largest absolute Gasteiger partial charge is 0.336 e. The molecule has 9 heteroatoms. The molecule has 2 aromatic carbocycles. The standard InChI is InChI=1S/C21H23ClFN3O3S/c22-19-8-3-16(21(27)26-11-9-25(10-12-26)14-15-1-2-15)13-20(19)24-30(28,29)18-6-4-17(23)5-7-18/h3-8,13,15,24H,1-2,9-12,14H2. The summed E-state index contributed by atoms with van der Waals surface area (Å²) in [7, 11) is -3.97. The number of sulfonamides is 1. The summed E-state index contributed by atoms with van der Waals surface area (Å²) < 4.78 is 40.7. The summed E-state index contributed by atoms with van der Waals surface area (Å²) in [5, 5.41) is 0.173. The average Bonchev–Trinajstić information content (AvgIpc) is 3.54. The summed E-state index contributed by atoms with van der Waals surface area (Å²) in [4.78, 5) is 17.0. The molecule has 1 saturated carbocycles. The number of carbonyl (C=O) groups excluding carboxylic acids is 1. The van der Waals surface area contributed by atoms with Crippen LogP contribution >= 0.6 is 11.6 Å². The quantitative estimate of drug-likeness (QED) is 0.730. The van der Waals surface area contributed by atoms with Crippen molar-refractivity contribution >= 4 is 33.2 Å². The zero-order valence-corrected chi connectivity index (χ0v) is 17.9. The van der Waals surface area contributed by atoms with Crippen LogP contribution in [0.2, 0.25) is 5.02 Å². The van der Waals surface area contributed by atoms with E-state index in [2.05, 4.69) is 9.62 Å². The number of hydrogen-bond donors (Lipinski definition) is 1. The number of nitrogens with one attached hydrogen (secondary N) is 1. The number of nitrogens with zero attached hydrogens (tertiary/aromatic N) is 2. The molecule has 1 heterocycles. The maximum Gasteiger partial charge on any atom is 0.261 e. The number of anilines is 1. The smallest absolute Gasteiger partial charge is 0.261 e. The highest BCUT2D eigenvalue weighted by Gasteiger charge is 2.28. The monoisotopic (exact) mass is 451 g/mol. The number of piperazine rings is 1. The third-order valence-electron chi connectivity index (χ3n) is 5.45. The van der Waals surface area contributed by atoms with Crippen molar-refractivity contribution in [3.05, 3.63) is 58.9 Å². The summed E-state index contributed by atoms with van der Waals surface area (Å²) in [6, 6.07) is 9.02. The van der Waals surface area contributed by atoms with Gasteiger partial charge in [-0.3, -0.25) is 14.4 Å². The van der Waals surface area contributed by atoms with Gasteiger partial charge in [-0.05, 0) is 61.2 Å². The molecule has 2 aliphatic rings. The molecule has 0 bridgehead atoms. The average molecular weight is 452 g/mol. The first kappa shape index (κ1) is 21.1. The highest BCUT2D eigenvalue weighted by Crippen LogP contribution is 2.30. The zero-order chi connectivity index (χ0) is 21.3. The Labute approximate surface area is 180 Å². The molecule has 1 N–H and O–H groups in total. The SMILES string of the molecule is O=C(c1ccc(Cl)c(NS(=O)(=O)c2ccc(F)cc2)c1)N1CCN(CC2CC2)CC1. The number of benzene rings is 2. The number of carbonyl (C=O) groups is 1. The lowest BCUT2D eigenvalue weighted by Gasteiger charge is -2.34. The molecule has 2 aromatic rings. The van der Waals surface area contributed by atoms with Crippen LogP contribution in [0.3, 0.4) is 0 Å². The Bertz CT molecular complexity index is 1030. The van der Waals surface area contributed by atoms with Crippen molar-refractivity contribution in [3.8, 4) is 0 Å². The minimum absolute atomic E-state index is 0.0940. The van der Waals surface area contributed by atoms with Crippen LogP contribution in [-0.2, 0) is 10.0 Å². The molecule has 1 aliphatic carbocycles. The lowest BCUT2D eigenvalue weighted by molar-refractivity contribution is 0.0632. The fraction of sp³-hybridized carbons (Fsp3) is 0.381. The van der Waals surface area contributed by atoms with Crippen LogP contribution in [0.4, 0.5) is 10.1 Å². The summed E-state index contributed by atoms with van der Waals surface area (Å²) in [5.41, 5.74) is 0.478. The van der Waals surface area contributed by atoms with Crippen LogP contribution in [0.15, 0.2) is 47.4 Å². The second-order valence-corrected chi connectivity index (χ2v) is 9.88. The van der Waals surface area contributed by atoms with Crippen molar-refractivity contribution in [2.24, 2.45) is 5.92 Å². The molecular weight excluding hydrogens is 429 g/mol. The first-order valence-electron chi connectivity index (χ1n) is 9.91. The van der Waals surface area contributed by atoms with Crippen molar-refractivity contribution in [1.29, 1.82) is 0 Å². The Kier molecular flexibility index (Phi) is 5.99. The van der Waals surface area contributed by atoms with Crippen LogP contribution in [0.5, 0.6) is 0 Å². The van der Waals surface area contributed by atoms with E-state index in [1.54, 1.807) is 11.0 Å². The molecule has 1 saturated heterocycles. The van der Waals surface area contributed by atoms with Crippen LogP contribution in [0.25, 0.3) is 0 Å². The Morgan fingerprint density at radius 1 is 1.07 bits per heavy atom. The first-order chi connectivity index (χ1) is 14.3. The van der Waals surface area contributed by atoms with Crippen LogP contribution in [0, 0.1) is 11.7 Å². The number of halogens is 2. The maximum absolute atomic E-state index is 13.1. The first-order valence-corrected chi connectivity index (χ1v) is 11.8. The molecule has 6 nitrogen and oxygen atoms in total. The van der Waals surface area contributed by atoms with E-state index in [0.717, 1.165) is 37.7 Å². The second-order valence-electron chi connectivity index (χ2n) is 7.79. The minimum atomic E-state index is -3.97. The van der Waals surface area contributed by atoms with Gasteiger partial charge in [-0.2, -0.15) is 0 Å². The topological polar surface area (TPSA) is 69.7 Å². The van der Waals surface area contributed by atoms with E-state index in [9.17, 15) is 17.6 Å². The predicted molar refractivity (Wildman–Crippen MR) is 114 cm³/mol. The molecule has 1 aliphatic heterocycles. The van der Waals surface area contributed by atoms with Crippen molar-refractivity contribution in [1.82, 2.24) is 9.80 Å². The Morgan fingerprint density at radius 3 is 2.37 bits per heavy atom. The molecule has 0 spiro atoms. The molecule has 30 heavy (non-hydrogen) atoms. The van der Waals surface area contributed by atoms with E-state index in [1.807, 2.05) is 0 Å². The second kappa shape index (κ2) is 8.53. The summed E-state index contributed by atoms with van der Waals surface area (Å²) in [6.45, 7) is 4.09. The number of hydrogen-bond acceptors (Lipinski definition) is 4. The number of amides is 1. The molecule has 160 valence electrons. The minimum Gasteiger partial charge on any atom is -0.336 e. The van der Waals surface area contributed by atoms with Gasteiger partial charge in [-0.15, -0.1) is 0 Å². The van der Waals surface area contributed by atoms with Gasteiger partial charge in [-0.1, -0.05) is 11.6 Å². The number of rotatable bonds is 6.